The Balaban J connectivity index is 1.53. The standard InChI is InChI=1S/C23H33N5O/c1-17(2)6-5-12-27-13-10-22-26-25-21(28(22)15-14-27)9-11-24-23(29)20-8-7-18(3)16-19(20)4/h5-8,16-17H,9-15H2,1-4H3,(H,24,29). The Morgan fingerprint density at radius 1 is 1.21 bits per heavy atom. The summed E-state index contributed by atoms with van der Waals surface area (Å²) >= 11 is 0. The van der Waals surface area contributed by atoms with Crippen LogP contribution in [0.1, 0.15) is 47.0 Å². The number of aromatic nitrogens is 3. The van der Waals surface area contributed by atoms with E-state index in [2.05, 4.69) is 51.0 Å². The lowest BCUT2D eigenvalue weighted by atomic mass is 10.1. The van der Waals surface area contributed by atoms with Gasteiger partial charge in [-0.15, -0.1) is 10.2 Å². The zero-order valence-corrected chi connectivity index (χ0v) is 18.1. The fourth-order valence-electron chi connectivity index (χ4n) is 3.73. The third-order valence-electron chi connectivity index (χ3n) is 5.34. The van der Waals surface area contributed by atoms with E-state index in [1.54, 1.807) is 0 Å². The summed E-state index contributed by atoms with van der Waals surface area (Å²) in [6.45, 7) is 12.9. The molecule has 1 aliphatic rings. The second kappa shape index (κ2) is 9.83. The van der Waals surface area contributed by atoms with Crippen molar-refractivity contribution in [1.82, 2.24) is 25.0 Å². The average molecular weight is 396 g/mol. The van der Waals surface area contributed by atoms with Crippen molar-refractivity contribution in [2.24, 2.45) is 5.92 Å². The van der Waals surface area contributed by atoms with Crippen molar-refractivity contribution in [3.63, 3.8) is 0 Å². The van der Waals surface area contributed by atoms with E-state index in [1.165, 1.54) is 5.56 Å². The zero-order valence-electron chi connectivity index (χ0n) is 18.1. The van der Waals surface area contributed by atoms with Gasteiger partial charge in [0.2, 0.25) is 0 Å². The molecule has 2 heterocycles. The number of carbonyl (C=O) groups is 1. The predicted octanol–water partition coefficient (Wildman–Crippen LogP) is 2.94. The molecule has 0 saturated carbocycles. The summed E-state index contributed by atoms with van der Waals surface area (Å²) in [4.78, 5) is 14.9. The molecule has 0 saturated heterocycles. The van der Waals surface area contributed by atoms with Gasteiger partial charge in [0, 0.05) is 51.1 Å². The van der Waals surface area contributed by atoms with Crippen LogP contribution in [0.15, 0.2) is 30.4 Å². The summed E-state index contributed by atoms with van der Waals surface area (Å²) in [5.74, 6) is 2.57. The molecule has 0 spiro atoms. The fraction of sp³-hybridized carbons (Fsp3) is 0.522. The Morgan fingerprint density at radius 3 is 2.79 bits per heavy atom. The highest BCUT2D eigenvalue weighted by atomic mass is 16.1. The molecule has 2 aromatic rings. The van der Waals surface area contributed by atoms with E-state index < -0.39 is 0 Å². The van der Waals surface area contributed by atoms with Crippen molar-refractivity contribution in [3.05, 3.63) is 58.7 Å². The van der Waals surface area contributed by atoms with Crippen LogP contribution in [0.4, 0.5) is 0 Å². The van der Waals surface area contributed by atoms with Crippen molar-refractivity contribution in [2.75, 3.05) is 26.2 Å². The molecule has 1 aromatic heterocycles. The van der Waals surface area contributed by atoms with Gasteiger partial charge < -0.3 is 9.88 Å². The van der Waals surface area contributed by atoms with E-state index in [9.17, 15) is 4.79 Å². The maximum atomic E-state index is 12.5. The van der Waals surface area contributed by atoms with E-state index in [0.29, 0.717) is 18.9 Å². The van der Waals surface area contributed by atoms with Gasteiger partial charge in [-0.3, -0.25) is 9.69 Å². The minimum atomic E-state index is -0.0266. The molecule has 3 rings (SSSR count). The van der Waals surface area contributed by atoms with Crippen LogP contribution in [-0.2, 0) is 19.4 Å². The van der Waals surface area contributed by atoms with Gasteiger partial charge in [0.1, 0.15) is 11.6 Å². The Bertz CT molecular complexity index is 868. The maximum Gasteiger partial charge on any atom is 0.251 e. The molecular weight excluding hydrogens is 362 g/mol. The Labute approximate surface area is 174 Å². The topological polar surface area (TPSA) is 63.1 Å². The van der Waals surface area contributed by atoms with Gasteiger partial charge in [0.05, 0.1) is 0 Å². The monoisotopic (exact) mass is 395 g/mol. The maximum absolute atomic E-state index is 12.5. The number of rotatable bonds is 7. The molecule has 1 N–H and O–H groups in total. The molecule has 29 heavy (non-hydrogen) atoms. The number of allylic oxidation sites excluding steroid dienone is 1. The molecule has 0 unspecified atom stereocenters. The van der Waals surface area contributed by atoms with Gasteiger partial charge in [-0.2, -0.15) is 0 Å². The molecule has 1 aliphatic heterocycles. The van der Waals surface area contributed by atoms with Crippen LogP contribution in [0.2, 0.25) is 0 Å². The number of nitrogens with one attached hydrogen (secondary N) is 1. The quantitative estimate of drug-likeness (QED) is 0.732. The van der Waals surface area contributed by atoms with Crippen LogP contribution in [0, 0.1) is 19.8 Å². The lowest BCUT2D eigenvalue weighted by Crippen LogP contribution is -2.28. The molecule has 6 nitrogen and oxygen atoms in total. The van der Waals surface area contributed by atoms with Gasteiger partial charge in [0.25, 0.3) is 5.91 Å². The van der Waals surface area contributed by atoms with Crippen molar-refractivity contribution >= 4 is 5.91 Å². The Morgan fingerprint density at radius 2 is 2.03 bits per heavy atom. The van der Waals surface area contributed by atoms with Crippen molar-refractivity contribution < 1.29 is 4.79 Å². The van der Waals surface area contributed by atoms with E-state index in [0.717, 1.165) is 55.4 Å². The molecule has 0 atom stereocenters. The highest BCUT2D eigenvalue weighted by Crippen LogP contribution is 2.12. The Kier molecular flexibility index (Phi) is 7.20. The smallest absolute Gasteiger partial charge is 0.251 e. The summed E-state index contributed by atoms with van der Waals surface area (Å²) in [7, 11) is 0. The van der Waals surface area contributed by atoms with Crippen LogP contribution < -0.4 is 5.32 Å². The average Bonchev–Trinajstić information content (AvgIpc) is 2.93. The summed E-state index contributed by atoms with van der Waals surface area (Å²) in [6, 6.07) is 5.91. The number of amides is 1. The minimum Gasteiger partial charge on any atom is -0.352 e. The number of hydrogen-bond acceptors (Lipinski definition) is 4. The molecule has 1 aromatic carbocycles. The molecule has 0 aliphatic carbocycles. The van der Waals surface area contributed by atoms with Crippen LogP contribution in [0.5, 0.6) is 0 Å². The third kappa shape index (κ3) is 5.76. The molecule has 0 bridgehead atoms. The predicted molar refractivity (Wildman–Crippen MR) is 116 cm³/mol. The van der Waals surface area contributed by atoms with Gasteiger partial charge in [0.15, 0.2) is 0 Å². The first-order valence-corrected chi connectivity index (χ1v) is 10.6. The highest BCUT2D eigenvalue weighted by Gasteiger charge is 2.18. The van der Waals surface area contributed by atoms with Gasteiger partial charge in [-0.1, -0.05) is 43.7 Å². The first-order chi connectivity index (χ1) is 13.9. The van der Waals surface area contributed by atoms with E-state index >= 15 is 0 Å². The van der Waals surface area contributed by atoms with Crippen LogP contribution >= 0.6 is 0 Å². The number of aryl methyl sites for hydroxylation is 2. The first-order valence-electron chi connectivity index (χ1n) is 10.6. The van der Waals surface area contributed by atoms with Crippen molar-refractivity contribution in [3.8, 4) is 0 Å². The second-order valence-corrected chi connectivity index (χ2v) is 8.23. The number of carbonyl (C=O) groups excluding carboxylic acids is 1. The molecule has 1 amide bonds. The number of benzene rings is 1. The molecule has 0 radical (unpaired) electrons. The molecule has 0 fully saturated rings. The van der Waals surface area contributed by atoms with Crippen molar-refractivity contribution in [1.29, 1.82) is 0 Å². The van der Waals surface area contributed by atoms with E-state index in [1.807, 2.05) is 32.0 Å². The SMILES string of the molecule is Cc1ccc(C(=O)NCCc2nnc3n2CCN(CC=CC(C)C)CC3)c(C)c1. The molecule has 6 heteroatoms. The summed E-state index contributed by atoms with van der Waals surface area (Å²) in [5, 5.41) is 11.8. The van der Waals surface area contributed by atoms with Crippen LogP contribution in [-0.4, -0.2) is 51.8 Å². The van der Waals surface area contributed by atoms with Crippen LogP contribution in [0.3, 0.4) is 0 Å². The highest BCUT2D eigenvalue weighted by molar-refractivity contribution is 5.95. The van der Waals surface area contributed by atoms with Crippen LogP contribution in [0.25, 0.3) is 0 Å². The largest absolute Gasteiger partial charge is 0.352 e. The Hall–Kier alpha value is -2.47. The van der Waals surface area contributed by atoms with Crippen molar-refractivity contribution in [2.45, 2.75) is 47.1 Å². The summed E-state index contributed by atoms with van der Waals surface area (Å²) in [5.41, 5.74) is 2.91. The van der Waals surface area contributed by atoms with Gasteiger partial charge in [-0.25, -0.2) is 0 Å². The normalized spacial score (nSPS) is 14.9. The third-order valence-corrected chi connectivity index (χ3v) is 5.34. The number of hydrogen-bond donors (Lipinski definition) is 1. The van der Waals surface area contributed by atoms with E-state index in [4.69, 9.17) is 0 Å². The molecular formula is C23H33N5O. The van der Waals surface area contributed by atoms with Gasteiger partial charge in [-0.05, 0) is 31.4 Å². The van der Waals surface area contributed by atoms with Gasteiger partial charge >= 0.3 is 0 Å². The summed E-state index contributed by atoms with van der Waals surface area (Å²) < 4.78 is 2.23. The fourth-order valence-corrected chi connectivity index (χ4v) is 3.73. The molecule has 156 valence electrons. The number of fused-ring (bicyclic) bond motifs is 1. The zero-order chi connectivity index (χ0) is 20.8. The summed E-state index contributed by atoms with van der Waals surface area (Å²) in [6.07, 6.45) is 6.13. The lowest BCUT2D eigenvalue weighted by molar-refractivity contribution is 0.0953. The minimum absolute atomic E-state index is 0.0266. The number of nitrogens with zero attached hydrogens (tertiary/aromatic N) is 4. The lowest BCUT2D eigenvalue weighted by Gasteiger charge is -2.17. The van der Waals surface area contributed by atoms with E-state index in [-0.39, 0.29) is 5.91 Å². The second-order valence-electron chi connectivity index (χ2n) is 8.23. The first kappa shape index (κ1) is 21.2.